The Hall–Kier alpha value is -1.89. The lowest BCUT2D eigenvalue weighted by Gasteiger charge is -2.30. The number of anilines is 1. The molecule has 0 aliphatic rings. The van der Waals surface area contributed by atoms with Gasteiger partial charge in [-0.25, -0.2) is 0 Å². The Kier molecular flexibility index (Phi) is 3.57. The van der Waals surface area contributed by atoms with E-state index in [9.17, 15) is 5.11 Å². The summed E-state index contributed by atoms with van der Waals surface area (Å²) in [7, 11) is 1.55. The van der Waals surface area contributed by atoms with Crippen LogP contribution in [0.1, 0.15) is 27.2 Å². The van der Waals surface area contributed by atoms with Gasteiger partial charge in [0.1, 0.15) is 12.1 Å². The monoisotopic (exact) mass is 265 g/mol. The minimum atomic E-state index is -0.849. The standard InChI is InChI=1S/C12H19N5O2/c1-5-8(12(2,3)18)15-9-6-10(19-4)16-11-13-7-14-17(9)11/h6-8,15,18H,5H2,1-4H3/t8-/m1/s1. The molecule has 0 bridgehead atoms. The van der Waals surface area contributed by atoms with Crippen LogP contribution >= 0.6 is 0 Å². The summed E-state index contributed by atoms with van der Waals surface area (Å²) >= 11 is 0. The Balaban J connectivity index is 2.40. The van der Waals surface area contributed by atoms with Gasteiger partial charge in [-0.05, 0) is 20.3 Å². The van der Waals surface area contributed by atoms with Gasteiger partial charge < -0.3 is 15.2 Å². The lowest BCUT2D eigenvalue weighted by atomic mass is 9.97. The van der Waals surface area contributed by atoms with Crippen LogP contribution in [-0.4, -0.2) is 43.4 Å². The van der Waals surface area contributed by atoms with Crippen LogP contribution in [0.4, 0.5) is 5.82 Å². The molecule has 2 N–H and O–H groups in total. The summed E-state index contributed by atoms with van der Waals surface area (Å²) in [5, 5.41) is 17.5. The highest BCUT2D eigenvalue weighted by atomic mass is 16.5. The number of nitrogens with zero attached hydrogens (tertiary/aromatic N) is 4. The van der Waals surface area contributed by atoms with Crippen molar-refractivity contribution >= 4 is 11.6 Å². The van der Waals surface area contributed by atoms with Crippen LogP contribution in [0.3, 0.4) is 0 Å². The number of aliphatic hydroxyl groups is 1. The van der Waals surface area contributed by atoms with Crippen LogP contribution in [0.2, 0.25) is 0 Å². The summed E-state index contributed by atoms with van der Waals surface area (Å²) in [5.74, 6) is 1.59. The van der Waals surface area contributed by atoms with Crippen molar-refractivity contribution in [3.8, 4) is 5.88 Å². The first-order valence-electron chi connectivity index (χ1n) is 6.19. The molecule has 0 radical (unpaired) electrons. The van der Waals surface area contributed by atoms with E-state index in [0.717, 1.165) is 6.42 Å². The van der Waals surface area contributed by atoms with E-state index in [4.69, 9.17) is 4.74 Å². The molecule has 0 saturated carbocycles. The summed E-state index contributed by atoms with van der Waals surface area (Å²) in [4.78, 5) is 8.22. The van der Waals surface area contributed by atoms with Crippen molar-refractivity contribution in [1.82, 2.24) is 19.6 Å². The molecule has 0 spiro atoms. The average Bonchev–Trinajstić information content (AvgIpc) is 2.82. The lowest BCUT2D eigenvalue weighted by Crippen LogP contribution is -2.41. The fourth-order valence-corrected chi connectivity index (χ4v) is 1.95. The minimum Gasteiger partial charge on any atom is -0.481 e. The number of rotatable bonds is 5. The van der Waals surface area contributed by atoms with Crippen molar-refractivity contribution in [3.63, 3.8) is 0 Å². The summed E-state index contributed by atoms with van der Waals surface area (Å²) in [5.41, 5.74) is -0.849. The molecule has 2 aromatic rings. The van der Waals surface area contributed by atoms with Gasteiger partial charge in [0.25, 0.3) is 5.78 Å². The third-order valence-electron chi connectivity index (χ3n) is 3.02. The van der Waals surface area contributed by atoms with Gasteiger partial charge in [0.2, 0.25) is 5.88 Å². The molecule has 19 heavy (non-hydrogen) atoms. The molecule has 0 fully saturated rings. The zero-order chi connectivity index (χ0) is 14.0. The van der Waals surface area contributed by atoms with Crippen LogP contribution in [0, 0.1) is 0 Å². The zero-order valence-electron chi connectivity index (χ0n) is 11.6. The Bertz CT molecular complexity index is 561. The largest absolute Gasteiger partial charge is 0.481 e. The van der Waals surface area contributed by atoms with Gasteiger partial charge in [-0.2, -0.15) is 19.6 Å². The number of fused-ring (bicyclic) bond motifs is 1. The third-order valence-corrected chi connectivity index (χ3v) is 3.02. The van der Waals surface area contributed by atoms with Gasteiger partial charge in [0.05, 0.1) is 18.8 Å². The summed E-state index contributed by atoms with van der Waals surface area (Å²) in [6.45, 7) is 5.54. The second kappa shape index (κ2) is 5.00. The Morgan fingerprint density at radius 1 is 1.53 bits per heavy atom. The van der Waals surface area contributed by atoms with Gasteiger partial charge in [-0.3, -0.25) is 0 Å². The third kappa shape index (κ3) is 2.76. The van der Waals surface area contributed by atoms with E-state index < -0.39 is 5.60 Å². The SMILES string of the molecule is CC[C@@H](Nc1cc(OC)nc2ncnn12)C(C)(C)O. The summed E-state index contributed by atoms with van der Waals surface area (Å²) in [6.07, 6.45) is 2.20. The predicted octanol–water partition coefficient (Wildman–Crippen LogP) is 1.09. The molecule has 2 aromatic heterocycles. The molecule has 0 aliphatic heterocycles. The van der Waals surface area contributed by atoms with Crippen LogP contribution in [0.5, 0.6) is 5.88 Å². The molecule has 7 heteroatoms. The number of nitrogens with one attached hydrogen (secondary N) is 1. The van der Waals surface area contributed by atoms with Gasteiger partial charge in [-0.15, -0.1) is 0 Å². The van der Waals surface area contributed by atoms with E-state index in [-0.39, 0.29) is 6.04 Å². The zero-order valence-corrected chi connectivity index (χ0v) is 11.6. The molecular formula is C12H19N5O2. The quantitative estimate of drug-likeness (QED) is 0.842. The molecule has 7 nitrogen and oxygen atoms in total. The van der Waals surface area contributed by atoms with Crippen molar-refractivity contribution in [2.75, 3.05) is 12.4 Å². The number of methoxy groups -OCH3 is 1. The Morgan fingerprint density at radius 3 is 2.84 bits per heavy atom. The predicted molar refractivity (Wildman–Crippen MR) is 71.3 cm³/mol. The van der Waals surface area contributed by atoms with Crippen LogP contribution < -0.4 is 10.1 Å². The van der Waals surface area contributed by atoms with Crippen molar-refractivity contribution in [2.45, 2.75) is 38.8 Å². The first-order chi connectivity index (χ1) is 8.95. The maximum Gasteiger partial charge on any atom is 0.257 e. The molecule has 104 valence electrons. The maximum absolute atomic E-state index is 10.1. The highest BCUT2D eigenvalue weighted by Crippen LogP contribution is 2.21. The number of hydrogen-bond donors (Lipinski definition) is 2. The van der Waals surface area contributed by atoms with E-state index >= 15 is 0 Å². The van der Waals surface area contributed by atoms with Gasteiger partial charge in [-0.1, -0.05) is 6.92 Å². The highest BCUT2D eigenvalue weighted by molar-refractivity contribution is 5.47. The molecule has 0 aliphatic carbocycles. The van der Waals surface area contributed by atoms with E-state index in [0.29, 0.717) is 17.5 Å². The molecular weight excluding hydrogens is 246 g/mol. The van der Waals surface area contributed by atoms with Gasteiger partial charge in [0.15, 0.2) is 0 Å². The van der Waals surface area contributed by atoms with Crippen LogP contribution in [0.25, 0.3) is 5.78 Å². The van der Waals surface area contributed by atoms with E-state index in [1.165, 1.54) is 6.33 Å². The van der Waals surface area contributed by atoms with E-state index in [1.54, 1.807) is 31.5 Å². The molecule has 2 heterocycles. The minimum absolute atomic E-state index is 0.119. The number of hydrogen-bond acceptors (Lipinski definition) is 6. The fraction of sp³-hybridized carbons (Fsp3) is 0.583. The summed E-state index contributed by atoms with van der Waals surface area (Å²) < 4.78 is 6.72. The molecule has 0 aromatic carbocycles. The van der Waals surface area contributed by atoms with Crippen LogP contribution in [0.15, 0.2) is 12.4 Å². The average molecular weight is 265 g/mol. The van der Waals surface area contributed by atoms with Crippen LogP contribution in [-0.2, 0) is 0 Å². The number of ether oxygens (including phenoxy) is 1. The van der Waals surface area contributed by atoms with E-state index in [2.05, 4.69) is 20.4 Å². The topological polar surface area (TPSA) is 84.6 Å². The molecule has 0 unspecified atom stereocenters. The Morgan fingerprint density at radius 2 is 2.26 bits per heavy atom. The Labute approximate surface area is 111 Å². The first-order valence-corrected chi connectivity index (χ1v) is 6.19. The molecule has 0 saturated heterocycles. The van der Waals surface area contributed by atoms with E-state index in [1.807, 2.05) is 6.92 Å². The van der Waals surface area contributed by atoms with Gasteiger partial charge in [0, 0.05) is 6.07 Å². The smallest absolute Gasteiger partial charge is 0.257 e. The normalized spacial score (nSPS) is 13.5. The van der Waals surface area contributed by atoms with Crippen molar-refractivity contribution in [2.24, 2.45) is 0 Å². The molecule has 2 rings (SSSR count). The molecule has 0 amide bonds. The second-order valence-corrected chi connectivity index (χ2v) is 4.91. The first kappa shape index (κ1) is 13.5. The van der Waals surface area contributed by atoms with Crippen molar-refractivity contribution in [3.05, 3.63) is 12.4 Å². The fourth-order valence-electron chi connectivity index (χ4n) is 1.95. The second-order valence-electron chi connectivity index (χ2n) is 4.91. The summed E-state index contributed by atoms with van der Waals surface area (Å²) in [6, 6.07) is 1.61. The molecule has 1 atom stereocenters. The number of aromatic nitrogens is 4. The van der Waals surface area contributed by atoms with Crippen molar-refractivity contribution < 1.29 is 9.84 Å². The highest BCUT2D eigenvalue weighted by Gasteiger charge is 2.26. The van der Waals surface area contributed by atoms with Crippen molar-refractivity contribution in [1.29, 1.82) is 0 Å². The lowest BCUT2D eigenvalue weighted by molar-refractivity contribution is 0.0577. The maximum atomic E-state index is 10.1. The van der Waals surface area contributed by atoms with Gasteiger partial charge >= 0.3 is 0 Å².